The lowest BCUT2D eigenvalue weighted by molar-refractivity contribution is -0.149. The summed E-state index contributed by atoms with van der Waals surface area (Å²) in [7, 11) is 1.31. The minimum absolute atomic E-state index is 0.416. The molecule has 0 aromatic heterocycles. The number of ether oxygens (including phenoxy) is 1. The highest BCUT2D eigenvalue weighted by Crippen LogP contribution is 2.24. The maximum absolute atomic E-state index is 11.1. The Hall–Kier alpha value is -1.09. The van der Waals surface area contributed by atoms with Gasteiger partial charge in [0, 0.05) is 0 Å². The molecule has 3 heteroatoms. The fraction of sp³-hybridized carbons (Fsp3) is 0.444. The van der Waals surface area contributed by atoms with Gasteiger partial charge in [-0.1, -0.05) is 24.3 Å². The highest BCUT2D eigenvalue weighted by Gasteiger charge is 2.35. The minimum atomic E-state index is -1.12. The van der Waals surface area contributed by atoms with Crippen molar-refractivity contribution in [1.29, 1.82) is 0 Å². The van der Waals surface area contributed by atoms with E-state index in [-0.39, 0.29) is 0 Å². The van der Waals surface area contributed by atoms with Crippen LogP contribution >= 0.6 is 0 Å². The van der Waals surface area contributed by atoms with Crippen LogP contribution in [-0.4, -0.2) is 23.8 Å². The second-order valence-electron chi connectivity index (χ2n) is 2.97. The molecule has 66 valence electrons. The normalized spacial score (nSPS) is 33.4. The van der Waals surface area contributed by atoms with Crippen molar-refractivity contribution < 1.29 is 14.6 Å². The summed E-state index contributed by atoms with van der Waals surface area (Å²) >= 11 is 0. The minimum Gasteiger partial charge on any atom is -0.468 e. The number of carbonyl (C=O) groups is 1. The molecular formula is C9H12O3. The molecule has 2 atom stereocenters. The van der Waals surface area contributed by atoms with Gasteiger partial charge < -0.3 is 9.84 Å². The first-order valence-corrected chi connectivity index (χ1v) is 3.74. The summed E-state index contributed by atoms with van der Waals surface area (Å²) in [6.07, 6.45) is 6.64. The quantitative estimate of drug-likeness (QED) is 0.585. The van der Waals surface area contributed by atoms with Crippen LogP contribution in [0.25, 0.3) is 0 Å². The fourth-order valence-electron chi connectivity index (χ4n) is 1.17. The largest absolute Gasteiger partial charge is 0.468 e. The Morgan fingerprint density at radius 1 is 1.58 bits per heavy atom. The van der Waals surface area contributed by atoms with Gasteiger partial charge in [-0.3, -0.25) is 4.79 Å². The number of carbonyl (C=O) groups excluding carboxylic acids is 1. The van der Waals surface area contributed by atoms with Gasteiger partial charge in [-0.25, -0.2) is 0 Å². The van der Waals surface area contributed by atoms with E-state index in [1.165, 1.54) is 7.11 Å². The Morgan fingerprint density at radius 2 is 2.25 bits per heavy atom. The molecule has 1 N–H and O–H groups in total. The van der Waals surface area contributed by atoms with Gasteiger partial charge in [0.25, 0.3) is 0 Å². The van der Waals surface area contributed by atoms with Crippen LogP contribution in [0.15, 0.2) is 24.3 Å². The molecule has 2 unspecified atom stereocenters. The first-order chi connectivity index (χ1) is 5.58. The van der Waals surface area contributed by atoms with Crippen LogP contribution in [0.1, 0.15) is 6.92 Å². The van der Waals surface area contributed by atoms with Crippen molar-refractivity contribution in [3.8, 4) is 0 Å². The molecule has 0 aromatic carbocycles. The maximum Gasteiger partial charge on any atom is 0.315 e. The Labute approximate surface area is 71.3 Å². The van der Waals surface area contributed by atoms with Gasteiger partial charge in [0.1, 0.15) is 5.92 Å². The molecule has 0 amide bonds. The topological polar surface area (TPSA) is 46.5 Å². The van der Waals surface area contributed by atoms with E-state index in [2.05, 4.69) is 4.74 Å². The first kappa shape index (κ1) is 9.00. The summed E-state index contributed by atoms with van der Waals surface area (Å²) in [4.78, 5) is 11.1. The molecule has 1 rings (SSSR count). The zero-order valence-electron chi connectivity index (χ0n) is 7.15. The molecule has 0 bridgehead atoms. The molecular weight excluding hydrogens is 156 g/mol. The van der Waals surface area contributed by atoms with Gasteiger partial charge in [-0.2, -0.15) is 0 Å². The Kier molecular flexibility index (Phi) is 2.33. The molecule has 1 aliphatic carbocycles. The van der Waals surface area contributed by atoms with E-state index in [0.717, 1.165) is 0 Å². The molecule has 0 heterocycles. The van der Waals surface area contributed by atoms with Crippen molar-refractivity contribution in [3.05, 3.63) is 24.3 Å². The van der Waals surface area contributed by atoms with Crippen molar-refractivity contribution in [1.82, 2.24) is 0 Å². The highest BCUT2D eigenvalue weighted by molar-refractivity contribution is 5.76. The molecule has 0 spiro atoms. The molecule has 3 nitrogen and oxygen atoms in total. The van der Waals surface area contributed by atoms with Crippen molar-refractivity contribution in [2.75, 3.05) is 7.11 Å². The molecule has 0 fully saturated rings. The van der Waals surface area contributed by atoms with Crippen molar-refractivity contribution in [2.24, 2.45) is 5.92 Å². The van der Waals surface area contributed by atoms with Crippen molar-refractivity contribution >= 4 is 5.97 Å². The zero-order valence-corrected chi connectivity index (χ0v) is 7.15. The van der Waals surface area contributed by atoms with E-state index in [1.54, 1.807) is 31.2 Å². The Bertz CT molecular complexity index is 238. The predicted octanol–water partition coefficient (Wildman–Crippen LogP) is 0.653. The molecule has 0 aliphatic heterocycles. The van der Waals surface area contributed by atoms with Gasteiger partial charge in [-0.15, -0.1) is 0 Å². The van der Waals surface area contributed by atoms with E-state index in [1.807, 2.05) is 0 Å². The second kappa shape index (κ2) is 3.11. The van der Waals surface area contributed by atoms with Crippen LogP contribution in [0.4, 0.5) is 0 Å². The van der Waals surface area contributed by atoms with Gasteiger partial charge in [0.2, 0.25) is 0 Å². The van der Waals surface area contributed by atoms with E-state index in [4.69, 9.17) is 0 Å². The van der Waals surface area contributed by atoms with Crippen LogP contribution in [0.3, 0.4) is 0 Å². The second-order valence-corrected chi connectivity index (χ2v) is 2.97. The number of rotatable bonds is 1. The molecule has 12 heavy (non-hydrogen) atoms. The zero-order chi connectivity index (χ0) is 9.19. The number of hydrogen-bond donors (Lipinski definition) is 1. The van der Waals surface area contributed by atoms with Gasteiger partial charge >= 0.3 is 5.97 Å². The third-order valence-corrected chi connectivity index (χ3v) is 1.93. The molecule has 0 saturated heterocycles. The highest BCUT2D eigenvalue weighted by atomic mass is 16.5. The number of methoxy groups -OCH3 is 1. The average Bonchev–Trinajstić information content (AvgIpc) is 2.02. The Morgan fingerprint density at radius 3 is 2.75 bits per heavy atom. The summed E-state index contributed by atoms with van der Waals surface area (Å²) in [6, 6.07) is 0. The monoisotopic (exact) mass is 168 g/mol. The fourth-order valence-corrected chi connectivity index (χ4v) is 1.17. The van der Waals surface area contributed by atoms with Crippen LogP contribution in [0.2, 0.25) is 0 Å². The Balaban J connectivity index is 2.84. The third kappa shape index (κ3) is 1.56. The summed E-state index contributed by atoms with van der Waals surface area (Å²) in [5.74, 6) is -1.01. The SMILES string of the molecule is COC(=O)C1C=CC=CC1(C)O. The molecule has 1 aliphatic rings. The molecule has 0 aromatic rings. The van der Waals surface area contributed by atoms with Gasteiger partial charge in [-0.05, 0) is 6.92 Å². The smallest absolute Gasteiger partial charge is 0.315 e. The standard InChI is InChI=1S/C9H12O3/c1-9(11)6-4-3-5-7(9)8(10)12-2/h3-7,11H,1-2H3. The first-order valence-electron chi connectivity index (χ1n) is 3.74. The maximum atomic E-state index is 11.1. The van der Waals surface area contributed by atoms with E-state index < -0.39 is 17.5 Å². The molecule has 0 radical (unpaired) electrons. The van der Waals surface area contributed by atoms with Crippen LogP contribution in [0.5, 0.6) is 0 Å². The van der Waals surface area contributed by atoms with Gasteiger partial charge in [0.15, 0.2) is 0 Å². The van der Waals surface area contributed by atoms with Crippen LogP contribution < -0.4 is 0 Å². The summed E-state index contributed by atoms with van der Waals surface area (Å²) in [6.45, 7) is 1.58. The lowest BCUT2D eigenvalue weighted by Gasteiger charge is -2.27. The molecule has 0 saturated carbocycles. The number of allylic oxidation sites excluding steroid dienone is 2. The van der Waals surface area contributed by atoms with Crippen molar-refractivity contribution in [3.63, 3.8) is 0 Å². The third-order valence-electron chi connectivity index (χ3n) is 1.93. The van der Waals surface area contributed by atoms with Crippen LogP contribution in [-0.2, 0) is 9.53 Å². The number of hydrogen-bond acceptors (Lipinski definition) is 3. The predicted molar refractivity (Wildman–Crippen MR) is 44.4 cm³/mol. The van der Waals surface area contributed by atoms with E-state index in [0.29, 0.717) is 0 Å². The average molecular weight is 168 g/mol. The van der Waals surface area contributed by atoms with E-state index in [9.17, 15) is 9.90 Å². The lowest BCUT2D eigenvalue weighted by Crippen LogP contribution is -2.38. The van der Waals surface area contributed by atoms with Crippen LogP contribution in [0, 0.1) is 5.92 Å². The number of aliphatic hydroxyl groups is 1. The summed E-state index contributed by atoms with van der Waals surface area (Å²) < 4.78 is 4.54. The number of esters is 1. The van der Waals surface area contributed by atoms with Gasteiger partial charge in [0.05, 0.1) is 12.7 Å². The van der Waals surface area contributed by atoms with E-state index >= 15 is 0 Å². The lowest BCUT2D eigenvalue weighted by atomic mass is 9.86. The summed E-state index contributed by atoms with van der Waals surface area (Å²) in [5.41, 5.74) is -1.12. The van der Waals surface area contributed by atoms with Crippen molar-refractivity contribution in [2.45, 2.75) is 12.5 Å². The summed E-state index contributed by atoms with van der Waals surface area (Å²) in [5, 5.41) is 9.70.